The predicted molar refractivity (Wildman–Crippen MR) is 130 cm³/mol. The molecule has 34 heavy (non-hydrogen) atoms. The summed E-state index contributed by atoms with van der Waals surface area (Å²) in [5, 5.41) is 16.6. The van der Waals surface area contributed by atoms with Crippen LogP contribution in [0.25, 0.3) is 21.9 Å². The van der Waals surface area contributed by atoms with Gasteiger partial charge in [-0.2, -0.15) is 5.10 Å². The van der Waals surface area contributed by atoms with Crippen molar-refractivity contribution in [1.29, 1.82) is 0 Å². The molecule has 0 unspecified atom stereocenters. The van der Waals surface area contributed by atoms with Crippen molar-refractivity contribution in [1.82, 2.24) is 9.99 Å². The summed E-state index contributed by atoms with van der Waals surface area (Å²) in [6.07, 6.45) is 3.60. The summed E-state index contributed by atoms with van der Waals surface area (Å²) >= 11 is 0. The SMILES string of the molecule is Cc1cccc(Cn2cc(/C=N\NC(=O)c3cc4cc([N+](=O)[O-])ccc4o3)c3ccccc32)c1. The number of hydrogen-bond acceptors (Lipinski definition) is 5. The van der Waals surface area contributed by atoms with Crippen LogP contribution in [-0.2, 0) is 6.54 Å². The van der Waals surface area contributed by atoms with Crippen molar-refractivity contribution >= 4 is 39.7 Å². The molecule has 5 rings (SSSR count). The molecule has 3 aromatic carbocycles. The summed E-state index contributed by atoms with van der Waals surface area (Å²) in [5.41, 5.74) is 7.12. The van der Waals surface area contributed by atoms with E-state index >= 15 is 0 Å². The number of amides is 1. The van der Waals surface area contributed by atoms with E-state index in [0.29, 0.717) is 17.5 Å². The smallest absolute Gasteiger partial charge is 0.307 e. The van der Waals surface area contributed by atoms with Gasteiger partial charge >= 0.3 is 5.91 Å². The largest absolute Gasteiger partial charge is 0.451 e. The number of aryl methyl sites for hydroxylation is 1. The van der Waals surface area contributed by atoms with Crippen LogP contribution in [0, 0.1) is 17.0 Å². The summed E-state index contributed by atoms with van der Waals surface area (Å²) < 4.78 is 7.66. The Morgan fingerprint density at radius 3 is 2.79 bits per heavy atom. The predicted octanol–water partition coefficient (Wildman–Crippen LogP) is 5.42. The Labute approximate surface area is 194 Å². The van der Waals surface area contributed by atoms with Gasteiger partial charge in [0.05, 0.1) is 11.1 Å². The molecular weight excluding hydrogens is 432 g/mol. The van der Waals surface area contributed by atoms with Crippen LogP contribution in [-0.4, -0.2) is 21.6 Å². The van der Waals surface area contributed by atoms with E-state index in [4.69, 9.17) is 4.42 Å². The van der Waals surface area contributed by atoms with E-state index in [0.717, 1.165) is 16.5 Å². The fraction of sp³-hybridized carbons (Fsp3) is 0.0769. The third-order valence-electron chi connectivity index (χ3n) is 5.56. The number of hydrazone groups is 1. The van der Waals surface area contributed by atoms with Crippen molar-refractivity contribution in [2.45, 2.75) is 13.5 Å². The molecule has 0 bridgehead atoms. The molecule has 0 saturated heterocycles. The minimum atomic E-state index is -0.543. The second-order valence-electron chi connectivity index (χ2n) is 8.01. The molecule has 0 radical (unpaired) electrons. The monoisotopic (exact) mass is 452 g/mol. The topological polar surface area (TPSA) is 103 Å². The number of benzene rings is 3. The molecule has 168 valence electrons. The number of hydrogen-bond donors (Lipinski definition) is 1. The minimum absolute atomic E-state index is 0.0227. The van der Waals surface area contributed by atoms with E-state index in [2.05, 4.69) is 46.3 Å². The van der Waals surface area contributed by atoms with Crippen molar-refractivity contribution in [3.63, 3.8) is 0 Å². The van der Waals surface area contributed by atoms with Gasteiger partial charge in [-0.3, -0.25) is 14.9 Å². The molecule has 0 atom stereocenters. The second-order valence-corrected chi connectivity index (χ2v) is 8.01. The first-order chi connectivity index (χ1) is 16.5. The van der Waals surface area contributed by atoms with E-state index in [1.165, 1.54) is 35.4 Å². The number of nitro groups is 1. The molecule has 0 aliphatic rings. The summed E-state index contributed by atoms with van der Waals surface area (Å²) in [7, 11) is 0. The summed E-state index contributed by atoms with van der Waals surface area (Å²) in [5.74, 6) is -0.520. The average molecular weight is 452 g/mol. The Morgan fingerprint density at radius 1 is 1.12 bits per heavy atom. The van der Waals surface area contributed by atoms with Crippen LogP contribution in [0.15, 0.2) is 88.5 Å². The van der Waals surface area contributed by atoms with Crippen LogP contribution in [0.5, 0.6) is 0 Å². The standard InChI is InChI=1S/C26H20N4O4/c1-17-5-4-6-18(11-17)15-29-16-20(22-7-2-3-8-23(22)29)14-27-28-26(31)25-13-19-12-21(30(32)33)9-10-24(19)34-25/h2-14,16H,15H2,1H3,(H,28,31)/b27-14-. The van der Waals surface area contributed by atoms with Gasteiger partial charge in [0, 0.05) is 46.7 Å². The van der Waals surface area contributed by atoms with Gasteiger partial charge < -0.3 is 8.98 Å². The van der Waals surface area contributed by atoms with Gasteiger partial charge in [-0.1, -0.05) is 48.0 Å². The number of nitro benzene ring substituents is 1. The molecule has 8 heteroatoms. The second kappa shape index (κ2) is 8.67. The van der Waals surface area contributed by atoms with Gasteiger partial charge in [0.15, 0.2) is 5.76 Å². The molecule has 1 N–H and O–H groups in total. The van der Waals surface area contributed by atoms with Crippen LogP contribution in [0.3, 0.4) is 0 Å². The van der Waals surface area contributed by atoms with Gasteiger partial charge in [-0.15, -0.1) is 0 Å². The van der Waals surface area contributed by atoms with E-state index in [9.17, 15) is 14.9 Å². The summed E-state index contributed by atoms with van der Waals surface area (Å²) in [4.78, 5) is 23.0. The van der Waals surface area contributed by atoms with E-state index < -0.39 is 10.8 Å². The Hall–Kier alpha value is -4.72. The number of nitrogens with one attached hydrogen (secondary N) is 1. The molecule has 0 saturated carbocycles. The van der Waals surface area contributed by atoms with Crippen LogP contribution in [0.1, 0.15) is 27.2 Å². The fourth-order valence-corrected chi connectivity index (χ4v) is 3.99. The molecular formula is C26H20N4O4. The normalized spacial score (nSPS) is 11.4. The number of furan rings is 1. The number of non-ortho nitro benzene ring substituents is 1. The first-order valence-corrected chi connectivity index (χ1v) is 10.6. The highest BCUT2D eigenvalue weighted by atomic mass is 16.6. The summed E-state index contributed by atoms with van der Waals surface area (Å²) in [6, 6.07) is 22.0. The first kappa shape index (κ1) is 21.1. The van der Waals surface area contributed by atoms with Gasteiger partial charge in [0.25, 0.3) is 5.69 Å². The third kappa shape index (κ3) is 4.16. The molecule has 0 spiro atoms. The zero-order valence-corrected chi connectivity index (χ0v) is 18.3. The van der Waals surface area contributed by atoms with Crippen molar-refractivity contribution in [2.75, 3.05) is 0 Å². The zero-order chi connectivity index (χ0) is 23.7. The molecule has 5 aromatic rings. The van der Waals surface area contributed by atoms with E-state index in [1.807, 2.05) is 30.5 Å². The molecule has 2 heterocycles. The first-order valence-electron chi connectivity index (χ1n) is 10.6. The van der Waals surface area contributed by atoms with Crippen molar-refractivity contribution < 1.29 is 14.1 Å². The summed E-state index contributed by atoms with van der Waals surface area (Å²) in [6.45, 7) is 2.79. The molecule has 0 fully saturated rings. The minimum Gasteiger partial charge on any atom is -0.451 e. The Bertz CT molecular complexity index is 1580. The Kier molecular flexibility index (Phi) is 5.39. The highest BCUT2D eigenvalue weighted by Crippen LogP contribution is 2.24. The number of fused-ring (bicyclic) bond motifs is 2. The number of aromatic nitrogens is 1. The lowest BCUT2D eigenvalue weighted by atomic mass is 10.1. The third-order valence-corrected chi connectivity index (χ3v) is 5.56. The van der Waals surface area contributed by atoms with Crippen molar-refractivity contribution in [2.24, 2.45) is 5.10 Å². The zero-order valence-electron chi connectivity index (χ0n) is 18.3. The molecule has 0 aliphatic carbocycles. The highest BCUT2D eigenvalue weighted by Gasteiger charge is 2.15. The fourth-order valence-electron chi connectivity index (χ4n) is 3.99. The number of para-hydroxylation sites is 1. The van der Waals surface area contributed by atoms with Gasteiger partial charge in [-0.25, -0.2) is 5.43 Å². The lowest BCUT2D eigenvalue weighted by molar-refractivity contribution is -0.384. The van der Waals surface area contributed by atoms with Crippen molar-refractivity contribution in [3.8, 4) is 0 Å². The Morgan fingerprint density at radius 2 is 1.97 bits per heavy atom. The lowest BCUT2D eigenvalue weighted by Crippen LogP contribution is -2.16. The highest BCUT2D eigenvalue weighted by molar-refractivity contribution is 6.01. The maximum absolute atomic E-state index is 12.5. The quantitative estimate of drug-likeness (QED) is 0.211. The average Bonchev–Trinajstić information content (AvgIpc) is 3.40. The number of nitrogens with zero attached hydrogens (tertiary/aromatic N) is 3. The lowest BCUT2D eigenvalue weighted by Gasteiger charge is -2.06. The Balaban J connectivity index is 1.36. The maximum atomic E-state index is 12.5. The van der Waals surface area contributed by atoms with Gasteiger partial charge in [-0.05, 0) is 30.7 Å². The van der Waals surface area contributed by atoms with Crippen molar-refractivity contribution in [3.05, 3.63) is 112 Å². The van der Waals surface area contributed by atoms with Gasteiger partial charge in [0.1, 0.15) is 5.58 Å². The van der Waals surface area contributed by atoms with Crippen LogP contribution in [0.2, 0.25) is 0 Å². The van der Waals surface area contributed by atoms with E-state index in [1.54, 1.807) is 6.21 Å². The molecule has 8 nitrogen and oxygen atoms in total. The maximum Gasteiger partial charge on any atom is 0.307 e. The van der Waals surface area contributed by atoms with Gasteiger partial charge in [0.2, 0.25) is 0 Å². The number of carbonyl (C=O) groups is 1. The van der Waals surface area contributed by atoms with E-state index in [-0.39, 0.29) is 11.4 Å². The molecule has 1 amide bonds. The van der Waals surface area contributed by atoms with Crippen LogP contribution in [0.4, 0.5) is 5.69 Å². The molecule has 0 aliphatic heterocycles. The van der Waals surface area contributed by atoms with Crippen LogP contribution >= 0.6 is 0 Å². The number of rotatable bonds is 6. The number of carbonyl (C=O) groups excluding carboxylic acids is 1. The molecule has 2 aromatic heterocycles. The van der Waals surface area contributed by atoms with Crippen LogP contribution < -0.4 is 5.43 Å².